The van der Waals surface area contributed by atoms with Gasteiger partial charge in [-0.05, 0) is 17.7 Å². The standard InChI is InChI=1S/C21H23Cl2N5O3/c22-16-2-1-15(13-17(16)23)14-26-7-9-27(10-8-26)20-21(25-6-5-24-20)31-12-11-28-18(29)3-4-19(28)30/h1-2,5-6,13H,3-4,7-12,14H2. The Hall–Kier alpha value is -2.42. The first-order valence-electron chi connectivity index (χ1n) is 10.2. The lowest BCUT2D eigenvalue weighted by molar-refractivity contribution is -0.138. The summed E-state index contributed by atoms with van der Waals surface area (Å²) in [5, 5.41) is 1.13. The lowest BCUT2D eigenvalue weighted by Crippen LogP contribution is -2.46. The van der Waals surface area contributed by atoms with Gasteiger partial charge >= 0.3 is 0 Å². The summed E-state index contributed by atoms with van der Waals surface area (Å²) in [5.41, 5.74) is 1.12. The molecule has 3 heterocycles. The summed E-state index contributed by atoms with van der Waals surface area (Å²) in [7, 11) is 0. The third-order valence-corrected chi connectivity index (χ3v) is 6.16. The lowest BCUT2D eigenvalue weighted by atomic mass is 10.2. The number of rotatable bonds is 7. The predicted molar refractivity (Wildman–Crippen MR) is 117 cm³/mol. The first-order valence-corrected chi connectivity index (χ1v) is 10.9. The van der Waals surface area contributed by atoms with Crippen LogP contribution in [-0.4, -0.2) is 70.9 Å². The maximum absolute atomic E-state index is 11.7. The van der Waals surface area contributed by atoms with E-state index in [4.69, 9.17) is 27.9 Å². The van der Waals surface area contributed by atoms with Crippen molar-refractivity contribution in [2.24, 2.45) is 0 Å². The fourth-order valence-electron chi connectivity index (χ4n) is 3.76. The Bertz CT molecular complexity index is 950. The molecule has 0 saturated carbocycles. The van der Waals surface area contributed by atoms with Gasteiger partial charge in [0.25, 0.3) is 5.88 Å². The minimum absolute atomic E-state index is 0.147. The van der Waals surface area contributed by atoms with E-state index in [1.54, 1.807) is 12.4 Å². The van der Waals surface area contributed by atoms with Crippen LogP contribution < -0.4 is 9.64 Å². The number of likely N-dealkylation sites (tertiary alicyclic amines) is 1. The maximum atomic E-state index is 11.7. The maximum Gasteiger partial charge on any atom is 0.257 e. The number of benzene rings is 1. The van der Waals surface area contributed by atoms with Gasteiger partial charge in [-0.1, -0.05) is 29.3 Å². The minimum Gasteiger partial charge on any atom is -0.473 e. The van der Waals surface area contributed by atoms with E-state index in [0.717, 1.165) is 38.3 Å². The Labute approximate surface area is 190 Å². The number of hydrogen-bond donors (Lipinski definition) is 0. The van der Waals surface area contributed by atoms with Gasteiger partial charge in [-0.25, -0.2) is 9.97 Å². The molecule has 31 heavy (non-hydrogen) atoms. The number of aromatic nitrogens is 2. The number of ether oxygens (including phenoxy) is 1. The molecule has 2 amide bonds. The van der Waals surface area contributed by atoms with Crippen LogP contribution >= 0.6 is 23.2 Å². The zero-order chi connectivity index (χ0) is 21.8. The second-order valence-corrected chi connectivity index (χ2v) is 8.30. The van der Waals surface area contributed by atoms with Crippen LogP contribution in [-0.2, 0) is 16.1 Å². The molecule has 0 atom stereocenters. The lowest BCUT2D eigenvalue weighted by Gasteiger charge is -2.35. The molecule has 0 unspecified atom stereocenters. The van der Waals surface area contributed by atoms with Crippen LogP contribution in [0.4, 0.5) is 5.82 Å². The van der Waals surface area contributed by atoms with Gasteiger partial charge in [0.2, 0.25) is 11.8 Å². The number of nitrogens with zero attached hydrogens (tertiary/aromatic N) is 5. The molecule has 10 heteroatoms. The highest BCUT2D eigenvalue weighted by Crippen LogP contribution is 2.26. The Balaban J connectivity index is 1.31. The Morgan fingerprint density at radius 3 is 2.35 bits per heavy atom. The molecule has 1 aromatic heterocycles. The number of carbonyl (C=O) groups is 2. The first-order chi connectivity index (χ1) is 15.0. The summed E-state index contributed by atoms with van der Waals surface area (Å²) >= 11 is 12.1. The van der Waals surface area contributed by atoms with Crippen molar-refractivity contribution in [3.63, 3.8) is 0 Å². The van der Waals surface area contributed by atoms with Gasteiger partial charge in [-0.3, -0.25) is 19.4 Å². The zero-order valence-electron chi connectivity index (χ0n) is 17.0. The number of hydrogen-bond acceptors (Lipinski definition) is 7. The first kappa shape index (κ1) is 21.8. The molecule has 2 aromatic rings. The molecule has 2 fully saturated rings. The number of imide groups is 1. The van der Waals surface area contributed by atoms with Crippen molar-refractivity contribution in [1.82, 2.24) is 19.8 Å². The fraction of sp³-hybridized carbons (Fsp3) is 0.429. The van der Waals surface area contributed by atoms with Gasteiger partial charge < -0.3 is 9.64 Å². The Kier molecular flexibility index (Phi) is 6.89. The number of piperazine rings is 1. The molecule has 2 aliphatic rings. The van der Waals surface area contributed by atoms with E-state index in [1.165, 1.54) is 4.90 Å². The van der Waals surface area contributed by atoms with E-state index in [2.05, 4.69) is 19.8 Å². The van der Waals surface area contributed by atoms with E-state index in [0.29, 0.717) is 21.7 Å². The average Bonchev–Trinajstić information content (AvgIpc) is 3.09. The average molecular weight is 464 g/mol. The molecule has 0 aliphatic carbocycles. The van der Waals surface area contributed by atoms with E-state index in [9.17, 15) is 9.59 Å². The van der Waals surface area contributed by atoms with Crippen molar-refractivity contribution in [3.05, 3.63) is 46.2 Å². The van der Waals surface area contributed by atoms with Crippen LogP contribution in [0.15, 0.2) is 30.6 Å². The normalized spacial score (nSPS) is 17.5. The van der Waals surface area contributed by atoms with Crippen molar-refractivity contribution >= 4 is 40.8 Å². The van der Waals surface area contributed by atoms with Gasteiger partial charge in [0, 0.05) is 58.0 Å². The van der Waals surface area contributed by atoms with Crippen LogP contribution in [0, 0.1) is 0 Å². The van der Waals surface area contributed by atoms with Gasteiger partial charge in [0.15, 0.2) is 5.82 Å². The fourth-order valence-corrected chi connectivity index (χ4v) is 4.08. The number of carbonyl (C=O) groups excluding carboxylic acids is 2. The van der Waals surface area contributed by atoms with E-state index < -0.39 is 0 Å². The van der Waals surface area contributed by atoms with Crippen LogP contribution in [0.3, 0.4) is 0 Å². The smallest absolute Gasteiger partial charge is 0.257 e. The van der Waals surface area contributed by atoms with Crippen LogP contribution in [0.1, 0.15) is 18.4 Å². The third-order valence-electron chi connectivity index (χ3n) is 5.42. The highest BCUT2D eigenvalue weighted by atomic mass is 35.5. The highest BCUT2D eigenvalue weighted by molar-refractivity contribution is 6.42. The monoisotopic (exact) mass is 463 g/mol. The molecule has 8 nitrogen and oxygen atoms in total. The molecule has 2 saturated heterocycles. The molecule has 4 rings (SSSR count). The Morgan fingerprint density at radius 2 is 1.65 bits per heavy atom. The van der Waals surface area contributed by atoms with Crippen LogP contribution in [0.2, 0.25) is 10.0 Å². The summed E-state index contributed by atoms with van der Waals surface area (Å²) in [6, 6.07) is 5.72. The highest BCUT2D eigenvalue weighted by Gasteiger charge is 2.29. The zero-order valence-corrected chi connectivity index (χ0v) is 18.5. The van der Waals surface area contributed by atoms with E-state index in [1.807, 2.05) is 18.2 Å². The molecule has 164 valence electrons. The summed E-state index contributed by atoms with van der Waals surface area (Å²) in [6.45, 7) is 4.48. The number of amides is 2. The summed E-state index contributed by atoms with van der Waals surface area (Å²) in [6.07, 6.45) is 3.77. The quantitative estimate of drug-likeness (QED) is 0.583. The van der Waals surface area contributed by atoms with Gasteiger partial charge in [0.05, 0.1) is 16.6 Å². The largest absolute Gasteiger partial charge is 0.473 e. The van der Waals surface area contributed by atoms with Gasteiger partial charge in [-0.15, -0.1) is 0 Å². The number of anilines is 1. The van der Waals surface area contributed by atoms with Crippen molar-refractivity contribution in [3.8, 4) is 5.88 Å². The van der Waals surface area contributed by atoms with Crippen LogP contribution in [0.5, 0.6) is 5.88 Å². The second kappa shape index (κ2) is 9.80. The summed E-state index contributed by atoms with van der Waals surface area (Å²) in [5.74, 6) is 0.799. The molecule has 0 radical (unpaired) electrons. The van der Waals surface area contributed by atoms with Crippen molar-refractivity contribution in [1.29, 1.82) is 0 Å². The molecule has 0 spiro atoms. The molecular formula is C21H23Cl2N5O3. The molecule has 2 aliphatic heterocycles. The summed E-state index contributed by atoms with van der Waals surface area (Å²) < 4.78 is 5.79. The third kappa shape index (κ3) is 5.26. The number of halogens is 2. The van der Waals surface area contributed by atoms with E-state index >= 15 is 0 Å². The topological polar surface area (TPSA) is 78.9 Å². The molecule has 0 bridgehead atoms. The summed E-state index contributed by atoms with van der Waals surface area (Å²) in [4.78, 5) is 38.0. The van der Waals surface area contributed by atoms with Crippen molar-refractivity contribution < 1.29 is 14.3 Å². The molecular weight excluding hydrogens is 441 g/mol. The van der Waals surface area contributed by atoms with Crippen molar-refractivity contribution in [2.75, 3.05) is 44.2 Å². The van der Waals surface area contributed by atoms with Crippen LogP contribution in [0.25, 0.3) is 0 Å². The van der Waals surface area contributed by atoms with E-state index in [-0.39, 0.29) is 37.8 Å². The SMILES string of the molecule is O=C1CCC(=O)N1CCOc1nccnc1N1CCN(Cc2ccc(Cl)c(Cl)c2)CC1. The second-order valence-electron chi connectivity index (χ2n) is 7.48. The van der Waals surface area contributed by atoms with Gasteiger partial charge in [0.1, 0.15) is 6.61 Å². The van der Waals surface area contributed by atoms with Gasteiger partial charge in [-0.2, -0.15) is 0 Å². The molecule has 0 N–H and O–H groups in total. The molecule has 1 aromatic carbocycles. The van der Waals surface area contributed by atoms with Crippen molar-refractivity contribution in [2.45, 2.75) is 19.4 Å². The minimum atomic E-state index is -0.147. The Morgan fingerprint density at radius 1 is 0.935 bits per heavy atom. The predicted octanol–water partition coefficient (Wildman–Crippen LogP) is 2.63.